The Balaban J connectivity index is 2.12. The molecule has 0 N–H and O–H groups in total. The molecule has 1 unspecified atom stereocenters. The molecule has 1 fully saturated rings. The molecule has 0 bridgehead atoms. The van der Waals surface area contributed by atoms with Crippen LogP contribution in [0.15, 0.2) is 12.2 Å². The Hall–Kier alpha value is -0.790. The number of rotatable bonds is 5. The van der Waals surface area contributed by atoms with Gasteiger partial charge < -0.3 is 4.74 Å². The van der Waals surface area contributed by atoms with Gasteiger partial charge in [-0.15, -0.1) is 0 Å². The number of carbonyl (C=O) groups excluding carboxylic acids is 1. The first-order valence-corrected chi connectivity index (χ1v) is 5.08. The van der Waals surface area contributed by atoms with Crippen LogP contribution in [0.3, 0.4) is 0 Å². The summed E-state index contributed by atoms with van der Waals surface area (Å²) in [6, 6.07) is 0. The van der Waals surface area contributed by atoms with E-state index in [0.717, 1.165) is 6.42 Å². The summed E-state index contributed by atoms with van der Waals surface area (Å²) in [7, 11) is 0. The average molecular weight is 182 g/mol. The molecule has 2 heteroatoms. The first kappa shape index (κ1) is 10.3. The second kappa shape index (κ2) is 5.05. The van der Waals surface area contributed by atoms with Crippen LogP contribution >= 0.6 is 0 Å². The quantitative estimate of drug-likeness (QED) is 0.482. The molecule has 0 aromatic rings. The maximum atomic E-state index is 11.2. The summed E-state index contributed by atoms with van der Waals surface area (Å²) in [4.78, 5) is 11.2. The van der Waals surface area contributed by atoms with Crippen LogP contribution in [0.4, 0.5) is 0 Å². The molecule has 1 atom stereocenters. The summed E-state index contributed by atoms with van der Waals surface area (Å²) < 4.78 is 5.23. The number of allylic oxidation sites excluding steroid dienone is 1. The summed E-state index contributed by atoms with van der Waals surface area (Å²) in [6.45, 7) is 4.04. The van der Waals surface area contributed by atoms with Crippen molar-refractivity contribution in [3.63, 3.8) is 0 Å². The number of carbonyl (C=O) groups is 1. The number of ether oxygens (including phenoxy) is 1. The molecule has 1 aliphatic rings. The first-order chi connectivity index (χ1) is 6.24. The number of hydrogen-bond acceptors (Lipinski definition) is 2. The molecular formula is C11H18O2. The van der Waals surface area contributed by atoms with E-state index in [1.807, 2.05) is 19.1 Å². The largest absolute Gasteiger partial charge is 0.462 e. The molecule has 0 saturated heterocycles. The van der Waals surface area contributed by atoms with Crippen LogP contribution in [-0.4, -0.2) is 12.1 Å². The Kier molecular flexibility index (Phi) is 4.00. The minimum Gasteiger partial charge on any atom is -0.462 e. The molecule has 0 spiro atoms. The van der Waals surface area contributed by atoms with Gasteiger partial charge in [-0.25, -0.2) is 0 Å². The third kappa shape index (κ3) is 4.11. The Bertz CT molecular complexity index is 192. The highest BCUT2D eigenvalue weighted by Gasteiger charge is 2.30. The van der Waals surface area contributed by atoms with E-state index in [1.165, 1.54) is 12.8 Å². The molecule has 0 radical (unpaired) electrons. The van der Waals surface area contributed by atoms with Crippen molar-refractivity contribution in [1.82, 2.24) is 0 Å². The lowest BCUT2D eigenvalue weighted by molar-refractivity contribution is -0.148. The van der Waals surface area contributed by atoms with Gasteiger partial charge in [0.1, 0.15) is 6.10 Å². The molecular weight excluding hydrogens is 164 g/mol. The van der Waals surface area contributed by atoms with Crippen molar-refractivity contribution in [3.8, 4) is 0 Å². The second-order valence-corrected chi connectivity index (χ2v) is 3.62. The predicted molar refractivity (Wildman–Crippen MR) is 52.3 cm³/mol. The molecule has 1 rings (SSSR count). The van der Waals surface area contributed by atoms with Gasteiger partial charge in [-0.1, -0.05) is 19.1 Å². The van der Waals surface area contributed by atoms with E-state index < -0.39 is 0 Å². The lowest BCUT2D eigenvalue weighted by atomic mass is 10.2. The van der Waals surface area contributed by atoms with E-state index in [9.17, 15) is 4.79 Å². The van der Waals surface area contributed by atoms with Crippen molar-refractivity contribution >= 4 is 5.97 Å². The van der Waals surface area contributed by atoms with E-state index in [0.29, 0.717) is 12.3 Å². The van der Waals surface area contributed by atoms with E-state index in [4.69, 9.17) is 4.74 Å². The normalized spacial score (nSPS) is 18.9. The van der Waals surface area contributed by atoms with Crippen molar-refractivity contribution in [3.05, 3.63) is 12.2 Å². The van der Waals surface area contributed by atoms with Gasteiger partial charge >= 0.3 is 5.97 Å². The molecule has 0 aromatic heterocycles. The van der Waals surface area contributed by atoms with E-state index >= 15 is 0 Å². The van der Waals surface area contributed by atoms with Crippen LogP contribution in [0.25, 0.3) is 0 Å². The fourth-order valence-electron chi connectivity index (χ4n) is 1.26. The maximum Gasteiger partial charge on any atom is 0.309 e. The smallest absolute Gasteiger partial charge is 0.309 e. The Morgan fingerprint density at radius 2 is 2.23 bits per heavy atom. The summed E-state index contributed by atoms with van der Waals surface area (Å²) >= 11 is 0. The van der Waals surface area contributed by atoms with Gasteiger partial charge in [0.05, 0.1) is 6.42 Å². The van der Waals surface area contributed by atoms with E-state index in [2.05, 4.69) is 6.92 Å². The van der Waals surface area contributed by atoms with Crippen LogP contribution in [0, 0.1) is 5.92 Å². The van der Waals surface area contributed by atoms with Gasteiger partial charge in [0.2, 0.25) is 0 Å². The summed E-state index contributed by atoms with van der Waals surface area (Å²) in [5.74, 6) is 0.545. The third-order valence-electron chi connectivity index (χ3n) is 2.29. The van der Waals surface area contributed by atoms with Crippen LogP contribution in [0.2, 0.25) is 0 Å². The molecule has 13 heavy (non-hydrogen) atoms. The third-order valence-corrected chi connectivity index (χ3v) is 2.29. The van der Waals surface area contributed by atoms with Crippen molar-refractivity contribution in [2.24, 2.45) is 5.92 Å². The second-order valence-electron chi connectivity index (χ2n) is 3.62. The van der Waals surface area contributed by atoms with Crippen LogP contribution in [-0.2, 0) is 9.53 Å². The van der Waals surface area contributed by atoms with Crippen LogP contribution in [0.5, 0.6) is 0 Å². The molecule has 0 aliphatic heterocycles. The lowest BCUT2D eigenvalue weighted by Crippen LogP contribution is -2.15. The summed E-state index contributed by atoms with van der Waals surface area (Å²) in [5, 5.41) is 0. The van der Waals surface area contributed by atoms with E-state index in [1.54, 1.807) is 0 Å². The predicted octanol–water partition coefficient (Wildman–Crippen LogP) is 2.68. The first-order valence-electron chi connectivity index (χ1n) is 5.08. The van der Waals surface area contributed by atoms with Gasteiger partial charge in [-0.05, 0) is 32.1 Å². The lowest BCUT2D eigenvalue weighted by Gasteiger charge is -2.10. The topological polar surface area (TPSA) is 26.3 Å². The molecule has 1 aliphatic carbocycles. The molecule has 0 amide bonds. The zero-order valence-corrected chi connectivity index (χ0v) is 8.45. The number of hydrogen-bond donors (Lipinski definition) is 0. The zero-order valence-electron chi connectivity index (χ0n) is 8.45. The van der Waals surface area contributed by atoms with Gasteiger partial charge in [0.25, 0.3) is 0 Å². The fraction of sp³-hybridized carbons (Fsp3) is 0.727. The van der Waals surface area contributed by atoms with E-state index in [-0.39, 0.29) is 12.1 Å². The Morgan fingerprint density at radius 1 is 1.54 bits per heavy atom. The summed E-state index contributed by atoms with van der Waals surface area (Å²) in [6.07, 6.45) is 7.84. The Labute approximate surface area is 80.0 Å². The molecule has 74 valence electrons. The highest BCUT2D eigenvalue weighted by molar-refractivity contribution is 5.71. The summed E-state index contributed by atoms with van der Waals surface area (Å²) in [5.41, 5.74) is 0. The monoisotopic (exact) mass is 182 g/mol. The standard InChI is InChI=1S/C11H18O2/c1-3-4-5-6-11(12)13-9(2)10-7-8-10/h4-5,9-10H,3,6-8H2,1-2H3/b5-4-. The SMILES string of the molecule is CC/C=C\CC(=O)OC(C)C1CC1. The van der Waals surface area contributed by atoms with Gasteiger partial charge in [0, 0.05) is 0 Å². The average Bonchev–Trinajstić information content (AvgIpc) is 2.86. The highest BCUT2D eigenvalue weighted by Crippen LogP contribution is 2.34. The van der Waals surface area contributed by atoms with Crippen LogP contribution < -0.4 is 0 Å². The maximum absolute atomic E-state index is 11.2. The molecule has 2 nitrogen and oxygen atoms in total. The van der Waals surface area contributed by atoms with Gasteiger partial charge in [0.15, 0.2) is 0 Å². The van der Waals surface area contributed by atoms with Crippen molar-refractivity contribution in [1.29, 1.82) is 0 Å². The Morgan fingerprint density at radius 3 is 2.77 bits per heavy atom. The van der Waals surface area contributed by atoms with Gasteiger partial charge in [-0.2, -0.15) is 0 Å². The fourth-order valence-corrected chi connectivity index (χ4v) is 1.26. The zero-order chi connectivity index (χ0) is 9.68. The van der Waals surface area contributed by atoms with Crippen molar-refractivity contribution < 1.29 is 9.53 Å². The minimum absolute atomic E-state index is 0.0934. The molecule has 0 aromatic carbocycles. The minimum atomic E-state index is -0.0934. The van der Waals surface area contributed by atoms with Crippen molar-refractivity contribution in [2.75, 3.05) is 0 Å². The highest BCUT2D eigenvalue weighted by atomic mass is 16.5. The number of esters is 1. The van der Waals surface area contributed by atoms with Crippen molar-refractivity contribution in [2.45, 2.75) is 45.6 Å². The van der Waals surface area contributed by atoms with Crippen LogP contribution in [0.1, 0.15) is 39.5 Å². The van der Waals surface area contributed by atoms with Gasteiger partial charge in [-0.3, -0.25) is 4.79 Å². The molecule has 0 heterocycles. The molecule has 1 saturated carbocycles.